The molecule has 51 heavy (non-hydrogen) atoms. The number of carbonyl (C=O) groups excluding carboxylic acids is 1. The first kappa shape index (κ1) is 37.2. The SMILES string of the molecule is CC(=O)OC(C1CCC2C(CC3C4CCC5C(C)(C)C(OC6CN(CC7CN(C(C)(C)C)C7)CCO6)CCC56C(C)C46CCC23C)O1)C(C)(C)O. The van der Waals surface area contributed by atoms with Crippen molar-refractivity contribution in [1.82, 2.24) is 9.80 Å². The summed E-state index contributed by atoms with van der Waals surface area (Å²) in [5, 5.41) is 11.0. The van der Waals surface area contributed by atoms with Crippen LogP contribution in [0.15, 0.2) is 0 Å². The van der Waals surface area contributed by atoms with Gasteiger partial charge in [0.1, 0.15) is 0 Å². The van der Waals surface area contributed by atoms with Crippen LogP contribution in [0.3, 0.4) is 0 Å². The van der Waals surface area contributed by atoms with Gasteiger partial charge < -0.3 is 24.1 Å². The molecule has 8 rings (SSSR count). The number of hydrogen-bond acceptors (Lipinski definition) is 8. The number of nitrogens with zero attached hydrogens (tertiary/aromatic N) is 2. The lowest BCUT2D eigenvalue weighted by atomic mass is 9.46. The van der Waals surface area contributed by atoms with Crippen molar-refractivity contribution in [2.75, 3.05) is 39.3 Å². The summed E-state index contributed by atoms with van der Waals surface area (Å²) in [6.45, 7) is 28.5. The average Bonchev–Trinajstić information content (AvgIpc) is 3.39. The van der Waals surface area contributed by atoms with Crippen molar-refractivity contribution in [3.8, 4) is 0 Å². The molecular weight excluding hydrogens is 640 g/mol. The van der Waals surface area contributed by atoms with Gasteiger partial charge in [0.15, 0.2) is 12.4 Å². The van der Waals surface area contributed by atoms with Gasteiger partial charge in [-0.25, -0.2) is 0 Å². The largest absolute Gasteiger partial charge is 0.457 e. The minimum Gasteiger partial charge on any atom is -0.457 e. The van der Waals surface area contributed by atoms with Gasteiger partial charge in [-0.2, -0.15) is 0 Å². The van der Waals surface area contributed by atoms with E-state index in [0.29, 0.717) is 34.0 Å². The Kier molecular flexibility index (Phi) is 9.01. The van der Waals surface area contributed by atoms with Crippen LogP contribution in [0.4, 0.5) is 0 Å². The van der Waals surface area contributed by atoms with E-state index in [-0.39, 0.29) is 41.5 Å². The number of aliphatic hydroxyl groups is 1. The van der Waals surface area contributed by atoms with E-state index in [1.807, 2.05) is 0 Å². The maximum absolute atomic E-state index is 12.0. The quantitative estimate of drug-likeness (QED) is 0.285. The highest BCUT2D eigenvalue weighted by molar-refractivity contribution is 5.66. The second-order valence-corrected chi connectivity index (χ2v) is 21.5. The summed E-state index contributed by atoms with van der Waals surface area (Å²) in [6, 6.07) is 0. The third-order valence-corrected chi connectivity index (χ3v) is 17.4. The Bertz CT molecular complexity index is 1330. The third-order valence-electron chi connectivity index (χ3n) is 17.4. The smallest absolute Gasteiger partial charge is 0.303 e. The van der Waals surface area contributed by atoms with E-state index in [1.165, 1.54) is 52.1 Å². The maximum atomic E-state index is 12.0. The molecule has 0 aromatic rings. The molecule has 8 aliphatic rings. The molecule has 13 atom stereocenters. The fourth-order valence-electron chi connectivity index (χ4n) is 15.0. The summed E-state index contributed by atoms with van der Waals surface area (Å²) in [7, 11) is 0. The van der Waals surface area contributed by atoms with Gasteiger partial charge in [-0.15, -0.1) is 0 Å². The standard InChI is InChI=1S/C43H72N2O6/c1-26-42-18-17-41(10)30-11-13-32(37(40(8,9)47)49-27(2)46)50-33(30)21-31(41)29(42)12-14-34-39(6,7)35(15-16-43(26,34)42)51-36-25-44(19-20-48-36)22-28-23-45(24-28)38(3,4)5/h26,28-37,47H,11-25H2,1-10H3. The van der Waals surface area contributed by atoms with Gasteiger partial charge >= 0.3 is 5.97 Å². The van der Waals surface area contributed by atoms with E-state index < -0.39 is 11.7 Å². The Morgan fingerprint density at radius 1 is 0.922 bits per heavy atom. The molecule has 290 valence electrons. The molecule has 0 radical (unpaired) electrons. The highest BCUT2D eigenvalue weighted by atomic mass is 16.7. The molecular formula is C43H72N2O6. The normalized spacial score (nSPS) is 47.5. The van der Waals surface area contributed by atoms with Gasteiger partial charge in [0.25, 0.3) is 0 Å². The topological polar surface area (TPSA) is 80.7 Å². The molecule has 3 saturated heterocycles. The fraction of sp³-hybridized carbons (Fsp3) is 0.977. The minimum absolute atomic E-state index is 0.115. The van der Waals surface area contributed by atoms with Crippen molar-refractivity contribution in [2.24, 2.45) is 57.2 Å². The molecule has 1 N–H and O–H groups in total. The predicted molar refractivity (Wildman–Crippen MR) is 198 cm³/mol. The van der Waals surface area contributed by atoms with Gasteiger partial charge in [-0.05, 0) is 150 Å². The second kappa shape index (κ2) is 12.4. The van der Waals surface area contributed by atoms with Gasteiger partial charge in [-0.1, -0.05) is 27.7 Å². The molecule has 8 heteroatoms. The number of esters is 1. The summed E-state index contributed by atoms with van der Waals surface area (Å²) < 4.78 is 26.0. The van der Waals surface area contributed by atoms with Crippen LogP contribution in [-0.4, -0.2) is 102 Å². The molecule has 2 spiro atoms. The zero-order chi connectivity index (χ0) is 36.5. The number of fused-ring (bicyclic) bond motifs is 4. The lowest BCUT2D eigenvalue weighted by molar-refractivity contribution is -0.246. The van der Waals surface area contributed by atoms with Crippen molar-refractivity contribution in [2.45, 2.75) is 169 Å². The van der Waals surface area contributed by atoms with Crippen LogP contribution in [0.5, 0.6) is 0 Å². The summed E-state index contributed by atoms with van der Waals surface area (Å²) >= 11 is 0. The highest BCUT2D eigenvalue weighted by Gasteiger charge is 2.84. The predicted octanol–water partition coefficient (Wildman–Crippen LogP) is 6.92. The third kappa shape index (κ3) is 5.67. The van der Waals surface area contributed by atoms with Crippen LogP contribution in [-0.2, 0) is 23.7 Å². The molecule has 0 aromatic carbocycles. The average molecular weight is 713 g/mol. The molecule has 0 bridgehead atoms. The Balaban J connectivity index is 0.933. The van der Waals surface area contributed by atoms with Gasteiger partial charge in [0.2, 0.25) is 0 Å². The Hall–Kier alpha value is -0.770. The van der Waals surface area contributed by atoms with Gasteiger partial charge in [-0.3, -0.25) is 14.6 Å². The van der Waals surface area contributed by atoms with Crippen molar-refractivity contribution in [3.63, 3.8) is 0 Å². The minimum atomic E-state index is -1.14. The van der Waals surface area contributed by atoms with Crippen LogP contribution >= 0.6 is 0 Å². The molecule has 0 aromatic heterocycles. The van der Waals surface area contributed by atoms with Gasteiger partial charge in [0, 0.05) is 45.2 Å². The first-order chi connectivity index (χ1) is 23.8. The lowest BCUT2D eigenvalue weighted by Gasteiger charge is -2.60. The first-order valence-corrected chi connectivity index (χ1v) is 21.1. The van der Waals surface area contributed by atoms with Crippen molar-refractivity contribution in [1.29, 1.82) is 0 Å². The number of carbonyl (C=O) groups is 1. The van der Waals surface area contributed by atoms with E-state index in [2.05, 4.69) is 58.3 Å². The summed E-state index contributed by atoms with van der Waals surface area (Å²) in [4.78, 5) is 17.2. The monoisotopic (exact) mass is 713 g/mol. The number of morpholine rings is 1. The van der Waals surface area contributed by atoms with Crippen molar-refractivity contribution >= 4 is 5.97 Å². The second-order valence-electron chi connectivity index (χ2n) is 21.5. The summed E-state index contributed by atoms with van der Waals surface area (Å²) in [5.74, 6) is 3.87. The number of rotatable bonds is 7. The Morgan fingerprint density at radius 3 is 2.33 bits per heavy atom. The van der Waals surface area contributed by atoms with Crippen LogP contribution in [0, 0.1) is 57.2 Å². The van der Waals surface area contributed by atoms with E-state index in [4.69, 9.17) is 18.9 Å². The number of hydrogen-bond donors (Lipinski definition) is 1. The lowest BCUT2D eigenvalue weighted by Crippen LogP contribution is -2.60. The molecule has 13 unspecified atom stereocenters. The highest BCUT2D eigenvalue weighted by Crippen LogP contribution is 2.89. The van der Waals surface area contributed by atoms with E-state index >= 15 is 0 Å². The number of likely N-dealkylation sites (tertiary alicyclic amines) is 1. The molecule has 3 aliphatic heterocycles. The Labute approximate surface area is 309 Å². The van der Waals surface area contributed by atoms with Crippen LogP contribution in [0.25, 0.3) is 0 Å². The molecule has 8 nitrogen and oxygen atoms in total. The zero-order valence-corrected chi connectivity index (χ0v) is 33.8. The van der Waals surface area contributed by atoms with Crippen LogP contribution in [0.1, 0.15) is 127 Å². The fourth-order valence-corrected chi connectivity index (χ4v) is 15.0. The van der Waals surface area contributed by atoms with Crippen molar-refractivity contribution < 1.29 is 28.8 Å². The van der Waals surface area contributed by atoms with E-state index in [0.717, 1.165) is 69.7 Å². The molecule has 3 heterocycles. The van der Waals surface area contributed by atoms with Crippen LogP contribution < -0.4 is 0 Å². The summed E-state index contributed by atoms with van der Waals surface area (Å²) in [6.07, 6.45) is 10.3. The van der Waals surface area contributed by atoms with E-state index in [1.54, 1.807) is 13.8 Å². The summed E-state index contributed by atoms with van der Waals surface area (Å²) in [5.41, 5.74) is 0.440. The maximum Gasteiger partial charge on any atom is 0.303 e. The molecule has 0 amide bonds. The van der Waals surface area contributed by atoms with Crippen LogP contribution in [0.2, 0.25) is 0 Å². The molecule has 8 fully saturated rings. The van der Waals surface area contributed by atoms with Gasteiger partial charge in [0.05, 0.1) is 30.5 Å². The zero-order valence-electron chi connectivity index (χ0n) is 33.8. The number of ether oxygens (including phenoxy) is 4. The first-order valence-electron chi connectivity index (χ1n) is 21.1. The molecule has 5 aliphatic carbocycles. The Morgan fingerprint density at radius 2 is 1.65 bits per heavy atom. The van der Waals surface area contributed by atoms with Crippen molar-refractivity contribution in [3.05, 3.63) is 0 Å². The molecule has 5 saturated carbocycles. The van der Waals surface area contributed by atoms with E-state index in [9.17, 15) is 9.90 Å².